The van der Waals surface area contributed by atoms with Crippen LogP contribution in [-0.4, -0.2) is 12.1 Å². The van der Waals surface area contributed by atoms with Crippen molar-refractivity contribution in [3.05, 3.63) is 0 Å². The van der Waals surface area contributed by atoms with E-state index in [1.54, 1.807) is 0 Å². The summed E-state index contributed by atoms with van der Waals surface area (Å²) in [6, 6.07) is 3.62. The van der Waals surface area contributed by atoms with Gasteiger partial charge in [0, 0.05) is 12.1 Å². The number of hydrogen-bond acceptors (Lipinski definition) is 2. The van der Waals surface area contributed by atoms with Gasteiger partial charge in [-0.05, 0) is 37.5 Å². The second-order valence-electron chi connectivity index (χ2n) is 6.40. The first-order chi connectivity index (χ1) is 7.61. The third-order valence-electron chi connectivity index (χ3n) is 4.35. The van der Waals surface area contributed by atoms with Gasteiger partial charge in [-0.2, -0.15) is 5.26 Å². The zero-order chi connectivity index (χ0) is 11.6. The highest BCUT2D eigenvalue weighted by atomic mass is 15.0. The summed E-state index contributed by atoms with van der Waals surface area (Å²) >= 11 is 0. The third kappa shape index (κ3) is 2.77. The van der Waals surface area contributed by atoms with Crippen LogP contribution in [0.1, 0.15) is 58.8 Å². The van der Waals surface area contributed by atoms with Crippen molar-refractivity contribution in [3.8, 4) is 6.07 Å². The van der Waals surface area contributed by atoms with Crippen LogP contribution in [0.4, 0.5) is 0 Å². The summed E-state index contributed by atoms with van der Waals surface area (Å²) in [5, 5.41) is 12.9. The molecule has 2 aliphatic carbocycles. The lowest BCUT2D eigenvalue weighted by molar-refractivity contribution is 0.275. The van der Waals surface area contributed by atoms with E-state index in [4.69, 9.17) is 5.26 Å². The van der Waals surface area contributed by atoms with E-state index in [9.17, 15) is 0 Å². The Bertz CT molecular complexity index is 277. The van der Waals surface area contributed by atoms with Crippen LogP contribution in [-0.2, 0) is 0 Å². The number of nitrogens with one attached hydrogen (secondary N) is 1. The van der Waals surface area contributed by atoms with Gasteiger partial charge in [-0.25, -0.2) is 0 Å². The van der Waals surface area contributed by atoms with Crippen LogP contribution >= 0.6 is 0 Å². The lowest BCUT2D eigenvalue weighted by Crippen LogP contribution is -2.43. The highest BCUT2D eigenvalue weighted by Crippen LogP contribution is 2.38. The predicted molar refractivity (Wildman–Crippen MR) is 65.9 cm³/mol. The fraction of sp³-hybridized carbons (Fsp3) is 0.929. The summed E-state index contributed by atoms with van der Waals surface area (Å²) < 4.78 is 0. The fourth-order valence-electron chi connectivity index (χ4n) is 3.37. The Kier molecular flexibility index (Phi) is 3.54. The van der Waals surface area contributed by atoms with Gasteiger partial charge in [0.25, 0.3) is 0 Å². The van der Waals surface area contributed by atoms with Crippen molar-refractivity contribution < 1.29 is 0 Å². The van der Waals surface area contributed by atoms with E-state index >= 15 is 0 Å². The predicted octanol–water partition coefficient (Wildman–Crippen LogP) is 3.24. The minimum Gasteiger partial charge on any atom is -0.310 e. The topological polar surface area (TPSA) is 35.8 Å². The van der Waals surface area contributed by atoms with E-state index in [2.05, 4.69) is 25.2 Å². The monoisotopic (exact) mass is 220 g/mol. The molecule has 2 rings (SSSR count). The van der Waals surface area contributed by atoms with Crippen molar-refractivity contribution in [1.29, 1.82) is 5.26 Å². The zero-order valence-corrected chi connectivity index (χ0v) is 10.6. The average molecular weight is 220 g/mol. The van der Waals surface area contributed by atoms with Crippen LogP contribution in [0.5, 0.6) is 0 Å². The lowest BCUT2D eigenvalue weighted by Gasteiger charge is -2.31. The van der Waals surface area contributed by atoms with Gasteiger partial charge in [-0.15, -0.1) is 0 Å². The highest BCUT2D eigenvalue weighted by Gasteiger charge is 2.34. The molecule has 3 atom stereocenters. The number of hydrogen-bond donors (Lipinski definition) is 1. The highest BCUT2D eigenvalue weighted by molar-refractivity contribution is 4.97. The van der Waals surface area contributed by atoms with Crippen LogP contribution in [0.25, 0.3) is 0 Å². The molecule has 2 fully saturated rings. The van der Waals surface area contributed by atoms with Gasteiger partial charge in [0.1, 0.15) is 0 Å². The van der Waals surface area contributed by atoms with Gasteiger partial charge < -0.3 is 5.32 Å². The van der Waals surface area contributed by atoms with E-state index in [1.165, 1.54) is 38.5 Å². The van der Waals surface area contributed by atoms with Crippen molar-refractivity contribution >= 4 is 0 Å². The molecule has 2 saturated carbocycles. The SMILES string of the molecule is CC1(C)CCC(NC2CCCCC2C#N)C1. The average Bonchev–Trinajstić information content (AvgIpc) is 2.59. The van der Waals surface area contributed by atoms with Gasteiger partial charge in [-0.3, -0.25) is 0 Å². The molecule has 0 heterocycles. The minimum absolute atomic E-state index is 0.262. The zero-order valence-electron chi connectivity index (χ0n) is 10.6. The molecule has 0 spiro atoms. The second-order valence-corrected chi connectivity index (χ2v) is 6.40. The minimum atomic E-state index is 0.262. The molecule has 0 amide bonds. The molecular formula is C14H24N2. The largest absolute Gasteiger partial charge is 0.310 e. The van der Waals surface area contributed by atoms with Crippen LogP contribution in [0.2, 0.25) is 0 Å². The van der Waals surface area contributed by atoms with Crippen molar-refractivity contribution in [2.75, 3.05) is 0 Å². The molecule has 0 aromatic heterocycles. The third-order valence-corrected chi connectivity index (χ3v) is 4.35. The lowest BCUT2D eigenvalue weighted by atomic mass is 9.85. The maximum Gasteiger partial charge on any atom is 0.0672 e. The molecule has 3 unspecified atom stereocenters. The van der Waals surface area contributed by atoms with Crippen LogP contribution in [0.3, 0.4) is 0 Å². The summed E-state index contributed by atoms with van der Waals surface area (Å²) in [4.78, 5) is 0. The smallest absolute Gasteiger partial charge is 0.0672 e. The summed E-state index contributed by atoms with van der Waals surface area (Å²) in [6.45, 7) is 4.72. The number of nitrogens with zero attached hydrogens (tertiary/aromatic N) is 1. The Morgan fingerprint density at radius 1 is 1.19 bits per heavy atom. The molecule has 0 aromatic rings. The number of rotatable bonds is 2. The molecule has 0 aliphatic heterocycles. The van der Waals surface area contributed by atoms with Gasteiger partial charge in [0.05, 0.1) is 12.0 Å². The molecule has 0 radical (unpaired) electrons. The number of nitriles is 1. The molecule has 16 heavy (non-hydrogen) atoms. The summed E-state index contributed by atoms with van der Waals surface area (Å²) in [6.07, 6.45) is 8.75. The summed E-state index contributed by atoms with van der Waals surface area (Å²) in [5.41, 5.74) is 0.508. The Morgan fingerprint density at radius 2 is 1.94 bits per heavy atom. The molecule has 2 aliphatic rings. The molecule has 90 valence electrons. The second kappa shape index (κ2) is 4.75. The molecule has 0 saturated heterocycles. The molecular weight excluding hydrogens is 196 g/mol. The van der Waals surface area contributed by atoms with Crippen molar-refractivity contribution in [3.63, 3.8) is 0 Å². The maximum atomic E-state index is 9.15. The Hall–Kier alpha value is -0.550. The van der Waals surface area contributed by atoms with Gasteiger partial charge in [0.2, 0.25) is 0 Å². The molecule has 2 heteroatoms. The van der Waals surface area contributed by atoms with Gasteiger partial charge in [0.15, 0.2) is 0 Å². The summed E-state index contributed by atoms with van der Waals surface area (Å²) in [5.74, 6) is 0.262. The van der Waals surface area contributed by atoms with E-state index in [0.29, 0.717) is 17.5 Å². The quantitative estimate of drug-likeness (QED) is 0.775. The van der Waals surface area contributed by atoms with Crippen LogP contribution in [0.15, 0.2) is 0 Å². The van der Waals surface area contributed by atoms with Crippen molar-refractivity contribution in [1.82, 2.24) is 5.32 Å². The first kappa shape index (κ1) is 11.9. The molecule has 0 aromatic carbocycles. The van der Waals surface area contributed by atoms with E-state index in [0.717, 1.165) is 6.42 Å². The normalized spacial score (nSPS) is 38.2. The Morgan fingerprint density at radius 3 is 2.56 bits per heavy atom. The summed E-state index contributed by atoms with van der Waals surface area (Å²) in [7, 11) is 0. The van der Waals surface area contributed by atoms with Crippen LogP contribution in [0, 0.1) is 22.7 Å². The molecule has 2 nitrogen and oxygen atoms in total. The van der Waals surface area contributed by atoms with Gasteiger partial charge >= 0.3 is 0 Å². The standard InChI is InChI=1S/C14H24N2/c1-14(2)8-7-12(9-14)16-13-6-4-3-5-11(13)10-15/h11-13,16H,3-9H2,1-2H3. The Balaban J connectivity index is 1.87. The van der Waals surface area contributed by atoms with Crippen LogP contribution < -0.4 is 5.32 Å². The van der Waals surface area contributed by atoms with E-state index in [1.807, 2.05) is 0 Å². The van der Waals surface area contributed by atoms with Gasteiger partial charge in [-0.1, -0.05) is 26.7 Å². The first-order valence-corrected chi connectivity index (χ1v) is 6.76. The first-order valence-electron chi connectivity index (χ1n) is 6.76. The van der Waals surface area contributed by atoms with E-state index < -0.39 is 0 Å². The van der Waals surface area contributed by atoms with Crippen molar-refractivity contribution in [2.24, 2.45) is 11.3 Å². The maximum absolute atomic E-state index is 9.15. The van der Waals surface area contributed by atoms with Crippen molar-refractivity contribution in [2.45, 2.75) is 70.9 Å². The molecule has 0 bridgehead atoms. The molecule has 1 N–H and O–H groups in total. The fourth-order valence-corrected chi connectivity index (χ4v) is 3.37. The van der Waals surface area contributed by atoms with E-state index in [-0.39, 0.29) is 5.92 Å². The Labute approximate surface area is 99.4 Å².